The lowest BCUT2D eigenvalue weighted by Crippen LogP contribution is -2.32. The number of rotatable bonds is 7. The van der Waals surface area contributed by atoms with Crippen LogP contribution in [0.2, 0.25) is 0 Å². The summed E-state index contributed by atoms with van der Waals surface area (Å²) in [6.45, 7) is 5.33. The van der Waals surface area contributed by atoms with E-state index in [4.69, 9.17) is 9.47 Å². The molecule has 0 aliphatic heterocycles. The van der Waals surface area contributed by atoms with Gasteiger partial charge in [-0.2, -0.15) is 0 Å². The molecule has 0 heterocycles. The zero-order valence-corrected chi connectivity index (χ0v) is 16.1. The van der Waals surface area contributed by atoms with Crippen LogP contribution in [0.4, 0.5) is 5.69 Å². The van der Waals surface area contributed by atoms with Gasteiger partial charge in [-0.1, -0.05) is 17.7 Å². The summed E-state index contributed by atoms with van der Waals surface area (Å²) >= 11 is 1.40. The highest BCUT2D eigenvalue weighted by molar-refractivity contribution is 8.00. The van der Waals surface area contributed by atoms with Gasteiger partial charge in [-0.3, -0.25) is 9.59 Å². The van der Waals surface area contributed by atoms with Crippen molar-refractivity contribution in [3.8, 4) is 5.75 Å². The van der Waals surface area contributed by atoms with Crippen LogP contribution in [-0.2, 0) is 14.3 Å². The number of carbonyl (C=O) groups excluding carboxylic acids is 2. The molecule has 0 radical (unpaired) electrons. The number of thioether (sulfide) groups is 1. The van der Waals surface area contributed by atoms with Crippen LogP contribution in [0.5, 0.6) is 5.75 Å². The first-order valence-electron chi connectivity index (χ1n) is 8.28. The Balaban J connectivity index is 1.86. The molecule has 26 heavy (non-hydrogen) atoms. The van der Waals surface area contributed by atoms with Crippen LogP contribution in [0.15, 0.2) is 53.4 Å². The van der Waals surface area contributed by atoms with Crippen LogP contribution < -0.4 is 10.1 Å². The third kappa shape index (κ3) is 5.81. The number of hydrogen-bond donors (Lipinski definition) is 1. The summed E-state index contributed by atoms with van der Waals surface area (Å²) < 4.78 is 10.4. The Bertz CT molecular complexity index is 743. The Morgan fingerprint density at radius 1 is 1.00 bits per heavy atom. The van der Waals surface area contributed by atoms with E-state index >= 15 is 0 Å². The summed E-state index contributed by atoms with van der Waals surface area (Å²) in [5.74, 6) is -0.103. The van der Waals surface area contributed by atoms with E-state index in [1.54, 1.807) is 45.2 Å². The second-order valence-electron chi connectivity index (χ2n) is 5.87. The Labute approximate surface area is 158 Å². The molecule has 2 rings (SSSR count). The number of hydrogen-bond acceptors (Lipinski definition) is 5. The fourth-order valence-electron chi connectivity index (χ4n) is 2.11. The van der Waals surface area contributed by atoms with E-state index in [2.05, 4.69) is 5.32 Å². The van der Waals surface area contributed by atoms with Crippen molar-refractivity contribution >= 4 is 29.3 Å². The molecular formula is C20H23NO4S. The molecule has 0 bridgehead atoms. The van der Waals surface area contributed by atoms with Crippen molar-refractivity contribution in [3.05, 3.63) is 54.1 Å². The molecule has 0 saturated heterocycles. The number of esters is 1. The van der Waals surface area contributed by atoms with E-state index < -0.39 is 17.3 Å². The van der Waals surface area contributed by atoms with Gasteiger partial charge >= 0.3 is 5.97 Å². The van der Waals surface area contributed by atoms with E-state index in [0.29, 0.717) is 11.4 Å². The van der Waals surface area contributed by atoms with Crippen molar-refractivity contribution in [2.75, 3.05) is 12.4 Å². The molecule has 0 aliphatic rings. The van der Waals surface area contributed by atoms with Crippen LogP contribution in [0.1, 0.15) is 19.4 Å². The summed E-state index contributed by atoms with van der Waals surface area (Å²) in [4.78, 5) is 25.4. The molecule has 1 N–H and O–H groups in total. The van der Waals surface area contributed by atoms with Gasteiger partial charge in [-0.15, -0.1) is 11.8 Å². The first-order valence-corrected chi connectivity index (χ1v) is 9.15. The predicted molar refractivity (Wildman–Crippen MR) is 104 cm³/mol. The minimum atomic E-state index is -0.884. The van der Waals surface area contributed by atoms with Crippen LogP contribution in [-0.4, -0.2) is 30.3 Å². The lowest BCUT2D eigenvalue weighted by atomic mass is 10.2. The SMILES string of the molecule is COc1ccc(NC(=O)[C@@H](C)OC(=O)[C@H](C)Sc2ccc(C)cc2)cc1. The summed E-state index contributed by atoms with van der Waals surface area (Å²) in [6.07, 6.45) is -0.884. The molecule has 2 atom stereocenters. The van der Waals surface area contributed by atoms with Gasteiger partial charge in [-0.05, 0) is 57.2 Å². The van der Waals surface area contributed by atoms with Crippen molar-refractivity contribution in [2.45, 2.75) is 37.0 Å². The van der Waals surface area contributed by atoms with Crippen molar-refractivity contribution in [1.82, 2.24) is 0 Å². The smallest absolute Gasteiger partial charge is 0.319 e. The Kier molecular flexibility index (Phi) is 7.09. The molecule has 0 fully saturated rings. The first-order chi connectivity index (χ1) is 12.4. The zero-order chi connectivity index (χ0) is 19.1. The number of nitrogens with one attached hydrogen (secondary N) is 1. The van der Waals surface area contributed by atoms with Gasteiger partial charge in [0, 0.05) is 10.6 Å². The van der Waals surface area contributed by atoms with Gasteiger partial charge in [0.2, 0.25) is 0 Å². The van der Waals surface area contributed by atoms with Crippen molar-refractivity contribution in [3.63, 3.8) is 0 Å². The Morgan fingerprint density at radius 2 is 1.62 bits per heavy atom. The number of ether oxygens (including phenoxy) is 2. The molecule has 138 valence electrons. The number of benzene rings is 2. The highest BCUT2D eigenvalue weighted by atomic mass is 32.2. The summed E-state index contributed by atoms with van der Waals surface area (Å²) in [5.41, 5.74) is 1.77. The number of methoxy groups -OCH3 is 1. The molecular weight excluding hydrogens is 350 g/mol. The van der Waals surface area contributed by atoms with Gasteiger partial charge in [0.1, 0.15) is 11.0 Å². The fourth-order valence-corrected chi connectivity index (χ4v) is 2.96. The van der Waals surface area contributed by atoms with Crippen LogP contribution in [0, 0.1) is 6.92 Å². The maximum Gasteiger partial charge on any atom is 0.319 e. The molecule has 0 saturated carbocycles. The van der Waals surface area contributed by atoms with Crippen LogP contribution in [0.3, 0.4) is 0 Å². The highest BCUT2D eigenvalue weighted by Gasteiger charge is 2.22. The van der Waals surface area contributed by atoms with Gasteiger partial charge in [0.05, 0.1) is 7.11 Å². The third-order valence-electron chi connectivity index (χ3n) is 3.69. The molecule has 0 spiro atoms. The van der Waals surface area contributed by atoms with Crippen LogP contribution >= 0.6 is 11.8 Å². The largest absolute Gasteiger partial charge is 0.497 e. The molecule has 0 aliphatic carbocycles. The van der Waals surface area contributed by atoms with Crippen LogP contribution in [0.25, 0.3) is 0 Å². The topological polar surface area (TPSA) is 64.6 Å². The second-order valence-corrected chi connectivity index (χ2v) is 7.28. The summed E-state index contributed by atoms with van der Waals surface area (Å²) in [5, 5.41) is 2.31. The molecule has 2 aromatic rings. The average Bonchev–Trinajstić information content (AvgIpc) is 2.64. The maximum absolute atomic E-state index is 12.2. The average molecular weight is 373 g/mol. The van der Waals surface area contributed by atoms with Gasteiger partial charge in [0.25, 0.3) is 5.91 Å². The summed E-state index contributed by atoms with van der Waals surface area (Å²) in [6, 6.07) is 14.8. The van der Waals surface area contributed by atoms with E-state index in [1.165, 1.54) is 11.8 Å². The first kappa shape index (κ1) is 19.8. The monoisotopic (exact) mass is 373 g/mol. The fraction of sp³-hybridized carbons (Fsp3) is 0.300. The Morgan fingerprint density at radius 3 is 2.19 bits per heavy atom. The second kappa shape index (κ2) is 9.29. The maximum atomic E-state index is 12.2. The number of amides is 1. The van der Waals surface area contributed by atoms with Crippen molar-refractivity contribution < 1.29 is 19.1 Å². The minimum absolute atomic E-state index is 0.379. The predicted octanol–water partition coefficient (Wildman–Crippen LogP) is 4.05. The molecule has 0 unspecified atom stereocenters. The lowest BCUT2D eigenvalue weighted by molar-refractivity contribution is -0.152. The van der Waals surface area contributed by atoms with Crippen molar-refractivity contribution in [1.29, 1.82) is 0 Å². The Hall–Kier alpha value is -2.47. The molecule has 2 aromatic carbocycles. The van der Waals surface area contributed by atoms with E-state index in [9.17, 15) is 9.59 Å². The molecule has 6 heteroatoms. The number of aryl methyl sites for hydroxylation is 1. The lowest BCUT2D eigenvalue weighted by Gasteiger charge is -2.16. The van der Waals surface area contributed by atoms with Gasteiger partial charge < -0.3 is 14.8 Å². The highest BCUT2D eigenvalue weighted by Crippen LogP contribution is 2.24. The standard InChI is InChI=1S/C20H23NO4S/c1-13-5-11-18(12-6-13)26-15(3)20(23)25-14(2)19(22)21-16-7-9-17(24-4)10-8-16/h5-12,14-15H,1-4H3,(H,21,22)/t14-,15+/m1/s1. The van der Waals surface area contributed by atoms with Gasteiger partial charge in [0.15, 0.2) is 6.10 Å². The van der Waals surface area contributed by atoms with E-state index in [-0.39, 0.29) is 5.91 Å². The molecule has 5 nitrogen and oxygen atoms in total. The zero-order valence-electron chi connectivity index (χ0n) is 15.3. The van der Waals surface area contributed by atoms with E-state index in [1.807, 2.05) is 31.2 Å². The molecule has 0 aromatic heterocycles. The minimum Gasteiger partial charge on any atom is -0.497 e. The van der Waals surface area contributed by atoms with Crippen molar-refractivity contribution in [2.24, 2.45) is 0 Å². The summed E-state index contributed by atoms with van der Waals surface area (Å²) in [7, 11) is 1.57. The van der Waals surface area contributed by atoms with Gasteiger partial charge in [-0.25, -0.2) is 0 Å². The number of carbonyl (C=O) groups is 2. The quantitative estimate of drug-likeness (QED) is 0.586. The third-order valence-corrected chi connectivity index (χ3v) is 4.78. The normalized spacial score (nSPS) is 12.8. The van der Waals surface area contributed by atoms with E-state index in [0.717, 1.165) is 10.5 Å². The molecule has 1 amide bonds. The number of anilines is 1.